The first-order valence-corrected chi connectivity index (χ1v) is 12.3. The lowest BCUT2D eigenvalue weighted by Gasteiger charge is -2.28. The number of benzene rings is 1. The van der Waals surface area contributed by atoms with E-state index in [4.69, 9.17) is 14.5 Å². The largest absolute Gasteiger partial charge is 0.496 e. The van der Waals surface area contributed by atoms with E-state index in [-0.39, 0.29) is 24.9 Å². The van der Waals surface area contributed by atoms with Crippen LogP contribution in [0.25, 0.3) is 22.8 Å². The third-order valence-electron chi connectivity index (χ3n) is 6.71. The molecule has 0 bridgehead atoms. The van der Waals surface area contributed by atoms with Crippen LogP contribution in [0.3, 0.4) is 0 Å². The number of hydrogen-bond donors (Lipinski definition) is 0. The van der Waals surface area contributed by atoms with Gasteiger partial charge in [-0.05, 0) is 24.5 Å². The van der Waals surface area contributed by atoms with Gasteiger partial charge in [-0.15, -0.1) is 0 Å². The zero-order valence-electron chi connectivity index (χ0n) is 21.1. The highest BCUT2D eigenvalue weighted by molar-refractivity contribution is 5.96. The van der Waals surface area contributed by atoms with E-state index in [1.165, 1.54) is 16.5 Å². The molecule has 200 valence electrons. The van der Waals surface area contributed by atoms with Crippen molar-refractivity contribution in [2.45, 2.75) is 31.5 Å². The molecule has 0 N–H and O–H groups in total. The molecule has 1 aromatic carbocycles. The fraction of sp³-hybridized carbons (Fsp3) is 0.296. The average Bonchev–Trinajstić information content (AvgIpc) is 3.70. The summed E-state index contributed by atoms with van der Waals surface area (Å²) in [6.45, 7) is 0.0186. The molecule has 0 atom stereocenters. The number of alkyl halides is 3. The highest BCUT2D eigenvalue weighted by Gasteiger charge is 2.35. The number of hydrogen-bond acceptors (Lipinski definition) is 7. The Morgan fingerprint density at radius 2 is 1.87 bits per heavy atom. The van der Waals surface area contributed by atoms with Crippen LogP contribution in [-0.4, -0.2) is 44.1 Å². The maximum atomic E-state index is 13.1. The molecule has 1 fully saturated rings. The first-order chi connectivity index (χ1) is 18.7. The monoisotopic (exact) mass is 536 g/mol. The van der Waals surface area contributed by atoms with Crippen LogP contribution in [-0.2, 0) is 24.6 Å². The number of aryl methyl sites for hydroxylation is 1. The number of imidazole rings is 1. The second-order valence-corrected chi connectivity index (χ2v) is 9.45. The summed E-state index contributed by atoms with van der Waals surface area (Å²) in [4.78, 5) is 32.0. The molecule has 1 aliphatic carbocycles. The van der Waals surface area contributed by atoms with Crippen molar-refractivity contribution in [3.63, 3.8) is 0 Å². The summed E-state index contributed by atoms with van der Waals surface area (Å²) in [6.07, 6.45) is 1.72. The van der Waals surface area contributed by atoms with Crippen molar-refractivity contribution in [3.8, 4) is 34.3 Å². The van der Waals surface area contributed by atoms with Gasteiger partial charge in [-0.25, -0.2) is 15.0 Å². The number of fused-ring (bicyclic) bond motifs is 1. The van der Waals surface area contributed by atoms with Crippen LogP contribution in [0.5, 0.6) is 11.5 Å². The molecule has 0 unspecified atom stereocenters. The van der Waals surface area contributed by atoms with Crippen LogP contribution < -0.4 is 14.4 Å². The van der Waals surface area contributed by atoms with E-state index in [1.54, 1.807) is 49.8 Å². The summed E-state index contributed by atoms with van der Waals surface area (Å²) in [5.41, 5.74) is 1.88. The third kappa shape index (κ3) is 4.66. The van der Waals surface area contributed by atoms with Gasteiger partial charge in [0.05, 0.1) is 31.1 Å². The molecule has 4 heterocycles. The van der Waals surface area contributed by atoms with Gasteiger partial charge in [0.25, 0.3) is 5.91 Å². The van der Waals surface area contributed by atoms with E-state index >= 15 is 0 Å². The number of carbonyl (C=O) groups is 1. The Hall–Kier alpha value is -4.48. The van der Waals surface area contributed by atoms with Gasteiger partial charge in [0.2, 0.25) is 0 Å². The van der Waals surface area contributed by atoms with Gasteiger partial charge in [0.1, 0.15) is 11.6 Å². The van der Waals surface area contributed by atoms with Gasteiger partial charge in [-0.1, -0.05) is 24.3 Å². The third-order valence-corrected chi connectivity index (χ3v) is 6.71. The molecule has 2 aliphatic rings. The number of amides is 1. The predicted molar refractivity (Wildman–Crippen MR) is 134 cm³/mol. The summed E-state index contributed by atoms with van der Waals surface area (Å²) < 4.78 is 51.7. The van der Waals surface area contributed by atoms with Gasteiger partial charge in [0, 0.05) is 30.9 Å². The number of rotatable bonds is 6. The van der Waals surface area contributed by atoms with Crippen LogP contribution in [0.15, 0.2) is 48.9 Å². The fourth-order valence-electron chi connectivity index (χ4n) is 4.61. The lowest BCUT2D eigenvalue weighted by Crippen LogP contribution is -2.39. The topological polar surface area (TPSA) is 95.3 Å². The van der Waals surface area contributed by atoms with Crippen molar-refractivity contribution in [2.24, 2.45) is 7.05 Å². The predicted octanol–water partition coefficient (Wildman–Crippen LogP) is 4.77. The van der Waals surface area contributed by atoms with Gasteiger partial charge in [-0.2, -0.15) is 13.2 Å². The fourth-order valence-corrected chi connectivity index (χ4v) is 4.61. The molecule has 4 aromatic rings. The normalized spacial score (nSPS) is 15.2. The number of carbonyl (C=O) groups excluding carboxylic acids is 1. The highest BCUT2D eigenvalue weighted by atomic mass is 19.4. The molecular formula is C27H23F3N6O3. The van der Waals surface area contributed by atoms with Gasteiger partial charge in [0.15, 0.2) is 29.7 Å². The molecule has 6 rings (SSSR count). The zero-order chi connectivity index (χ0) is 27.3. The van der Waals surface area contributed by atoms with Crippen molar-refractivity contribution in [2.75, 3.05) is 18.6 Å². The Bertz CT molecular complexity index is 1560. The quantitative estimate of drug-likeness (QED) is 0.350. The average molecular weight is 537 g/mol. The summed E-state index contributed by atoms with van der Waals surface area (Å²) in [6, 6.07) is 8.60. The minimum absolute atomic E-state index is 0.162. The van der Waals surface area contributed by atoms with E-state index in [0.717, 1.165) is 30.3 Å². The van der Waals surface area contributed by atoms with Crippen molar-refractivity contribution in [1.29, 1.82) is 0 Å². The van der Waals surface area contributed by atoms with E-state index < -0.39 is 11.9 Å². The Balaban J connectivity index is 1.31. The Labute approximate surface area is 221 Å². The molecular weight excluding hydrogens is 513 g/mol. The molecule has 1 aliphatic heterocycles. The molecule has 1 saturated carbocycles. The standard InChI is InChI=1S/C27H23F3N6O3/c1-35-13-20(27(28,29)30)33-25(35)17-5-3-15(4-6-17)12-36-21(37)14-39-19-11-32-24(34-26(19)36)22-18(38-2)9-10-31-23(22)16-7-8-16/h3-6,9-11,13,16H,7-8,12,14H2,1-2H3. The van der Waals surface area contributed by atoms with Gasteiger partial charge < -0.3 is 14.0 Å². The summed E-state index contributed by atoms with van der Waals surface area (Å²) in [5.74, 6) is 1.90. The first kappa shape index (κ1) is 24.8. The van der Waals surface area contributed by atoms with Crippen molar-refractivity contribution < 1.29 is 27.4 Å². The van der Waals surface area contributed by atoms with Crippen LogP contribution >= 0.6 is 0 Å². The summed E-state index contributed by atoms with van der Waals surface area (Å²) in [7, 11) is 3.09. The molecule has 1 amide bonds. The van der Waals surface area contributed by atoms with Crippen LogP contribution in [0, 0.1) is 0 Å². The van der Waals surface area contributed by atoms with Gasteiger partial charge >= 0.3 is 6.18 Å². The molecule has 12 heteroatoms. The number of aromatic nitrogens is 5. The maximum absolute atomic E-state index is 13.1. The second-order valence-electron chi connectivity index (χ2n) is 9.45. The minimum Gasteiger partial charge on any atom is -0.496 e. The Kier molecular flexibility index (Phi) is 5.96. The van der Waals surface area contributed by atoms with Crippen LogP contribution in [0.4, 0.5) is 19.0 Å². The van der Waals surface area contributed by atoms with E-state index in [0.29, 0.717) is 40.2 Å². The lowest BCUT2D eigenvalue weighted by atomic mass is 10.1. The molecule has 0 saturated heterocycles. The van der Waals surface area contributed by atoms with Crippen LogP contribution in [0.1, 0.15) is 35.7 Å². The number of pyridine rings is 1. The van der Waals surface area contributed by atoms with E-state index in [2.05, 4.69) is 15.0 Å². The Morgan fingerprint density at radius 1 is 1.10 bits per heavy atom. The number of ether oxygens (including phenoxy) is 2. The minimum atomic E-state index is -4.53. The first-order valence-electron chi connectivity index (χ1n) is 12.3. The van der Waals surface area contributed by atoms with Crippen molar-refractivity contribution in [1.82, 2.24) is 24.5 Å². The van der Waals surface area contributed by atoms with Crippen molar-refractivity contribution in [3.05, 3.63) is 65.9 Å². The second kappa shape index (κ2) is 9.37. The SMILES string of the molecule is COc1ccnc(C2CC2)c1-c1ncc2c(n1)N(Cc1ccc(-c3nc(C(F)(F)F)cn3C)cc1)C(=O)CO2. The smallest absolute Gasteiger partial charge is 0.434 e. The molecule has 0 spiro atoms. The van der Waals surface area contributed by atoms with Crippen molar-refractivity contribution >= 4 is 11.7 Å². The molecule has 39 heavy (non-hydrogen) atoms. The number of anilines is 1. The van der Waals surface area contributed by atoms with E-state index in [9.17, 15) is 18.0 Å². The molecule has 9 nitrogen and oxygen atoms in total. The Morgan fingerprint density at radius 3 is 2.54 bits per heavy atom. The molecule has 0 radical (unpaired) electrons. The number of nitrogens with zero attached hydrogens (tertiary/aromatic N) is 6. The summed E-state index contributed by atoms with van der Waals surface area (Å²) >= 11 is 0. The molecule has 3 aromatic heterocycles. The number of halogens is 3. The van der Waals surface area contributed by atoms with Gasteiger partial charge in [-0.3, -0.25) is 14.7 Å². The number of methoxy groups -OCH3 is 1. The van der Waals surface area contributed by atoms with Crippen LogP contribution in [0.2, 0.25) is 0 Å². The summed E-state index contributed by atoms with van der Waals surface area (Å²) in [5, 5.41) is 0. The lowest BCUT2D eigenvalue weighted by molar-refractivity contribution is -0.140. The highest BCUT2D eigenvalue weighted by Crippen LogP contribution is 2.46. The van der Waals surface area contributed by atoms with E-state index in [1.807, 2.05) is 0 Å². The maximum Gasteiger partial charge on any atom is 0.434 e. The zero-order valence-corrected chi connectivity index (χ0v) is 21.1.